The van der Waals surface area contributed by atoms with E-state index >= 15 is 0 Å². The van der Waals surface area contributed by atoms with Gasteiger partial charge in [0.05, 0.1) is 6.33 Å². The van der Waals surface area contributed by atoms with E-state index in [0.29, 0.717) is 0 Å². The second-order valence-electron chi connectivity index (χ2n) is 1.19. The molecule has 0 fully saturated rings. The molecule has 0 atom stereocenters. The zero-order chi connectivity index (χ0) is 5.11. The maximum atomic E-state index is 3.78. The van der Waals surface area contributed by atoms with Crippen LogP contribution in [0.1, 0.15) is 0 Å². The molecule has 1 heterocycles. The van der Waals surface area contributed by atoms with Crippen molar-refractivity contribution in [3.05, 3.63) is 25.3 Å². The molecule has 47 valence electrons. The van der Waals surface area contributed by atoms with Crippen LogP contribution in [0.3, 0.4) is 0 Å². The van der Waals surface area contributed by atoms with Crippen LogP contribution in [0.4, 0.5) is 0 Å². The fraction of sp³-hybridized carbons (Fsp3) is 0. The molecule has 0 saturated heterocycles. The Balaban J connectivity index is 0.000000490. The van der Waals surface area contributed by atoms with Crippen molar-refractivity contribution < 1.29 is 22.4 Å². The molecule has 1 aromatic rings. The molecule has 1 rings (SSSR count). The van der Waals surface area contributed by atoms with Gasteiger partial charge < -0.3 is 4.57 Å². The Labute approximate surface area is 63.7 Å². The van der Waals surface area contributed by atoms with Crippen LogP contribution in [-0.4, -0.2) is 9.55 Å². The normalized spacial score (nSPS) is 7.50. The molecule has 0 unspecified atom stereocenters. The van der Waals surface area contributed by atoms with Gasteiger partial charge in [0.2, 0.25) is 0 Å². The van der Waals surface area contributed by atoms with Crippen LogP contribution in [0, 0.1) is 0 Å². The third-order valence-electron chi connectivity index (χ3n) is 0.736. The average Bonchev–Trinajstić information content (AvgIpc) is 2.14. The number of aromatic nitrogens is 2. The smallest absolute Gasteiger partial charge is 0.0986 e. The third kappa shape index (κ3) is 1.66. The van der Waals surface area contributed by atoms with Crippen molar-refractivity contribution in [1.29, 1.82) is 0 Å². The number of hydrogen-bond acceptors (Lipinski definition) is 1. The molecule has 3 heteroatoms. The average molecular weight is 202 g/mol. The molecule has 0 N–H and O–H groups in total. The van der Waals surface area contributed by atoms with Crippen molar-refractivity contribution in [2.75, 3.05) is 0 Å². The Morgan fingerprint density at radius 1 is 1.62 bits per heavy atom. The summed E-state index contributed by atoms with van der Waals surface area (Å²) in [5.41, 5.74) is 0. The van der Waals surface area contributed by atoms with E-state index in [4.69, 9.17) is 0 Å². The van der Waals surface area contributed by atoms with Gasteiger partial charge in [-0.15, -0.1) is 0 Å². The summed E-state index contributed by atoms with van der Waals surface area (Å²) >= 11 is 0. The molecule has 0 amide bonds. The zero-order valence-corrected chi connectivity index (χ0v) is 5.69. The van der Waals surface area contributed by atoms with Crippen LogP contribution in [0.15, 0.2) is 25.3 Å². The Morgan fingerprint density at radius 2 is 2.38 bits per heavy atom. The first-order chi connectivity index (χ1) is 3.43. The minimum atomic E-state index is 0. The van der Waals surface area contributed by atoms with E-state index in [9.17, 15) is 0 Å². The number of hydrogen-bond donors (Lipinski definition) is 0. The topological polar surface area (TPSA) is 17.8 Å². The van der Waals surface area contributed by atoms with E-state index in [1.807, 2.05) is 6.20 Å². The van der Waals surface area contributed by atoms with Crippen molar-refractivity contribution >= 4 is 6.20 Å². The molecule has 0 aromatic carbocycles. The van der Waals surface area contributed by atoms with Crippen LogP contribution >= 0.6 is 0 Å². The Bertz CT molecular complexity index is 145. The molecule has 0 aliphatic rings. The molecule has 0 spiro atoms. The van der Waals surface area contributed by atoms with E-state index in [2.05, 4.69) is 11.6 Å². The number of rotatable bonds is 1. The first kappa shape index (κ1) is 7.69. The van der Waals surface area contributed by atoms with Gasteiger partial charge in [0, 0.05) is 41.0 Å². The molecule has 0 bridgehead atoms. The monoisotopic (exact) mass is 201 g/mol. The summed E-state index contributed by atoms with van der Waals surface area (Å²) in [7, 11) is 0. The van der Waals surface area contributed by atoms with Crippen LogP contribution in [0.25, 0.3) is 6.20 Å². The minimum absolute atomic E-state index is 0. The van der Waals surface area contributed by atoms with Crippen LogP contribution in [0.5, 0.6) is 0 Å². The van der Waals surface area contributed by atoms with Crippen LogP contribution in [-0.2, 0) is 22.4 Å². The summed E-state index contributed by atoms with van der Waals surface area (Å²) in [6.07, 6.45) is 6.91. The molecular weight excluding hydrogens is 196 g/mol. The second-order valence-corrected chi connectivity index (χ2v) is 1.19. The van der Waals surface area contributed by atoms with Crippen LogP contribution in [0.2, 0.25) is 0 Å². The quantitative estimate of drug-likeness (QED) is 0.620. The minimum Gasteiger partial charge on any atom is -0.314 e. The van der Waals surface area contributed by atoms with Crippen molar-refractivity contribution in [2.24, 2.45) is 0 Å². The predicted octanol–water partition coefficient (Wildman–Crippen LogP) is 0.981. The van der Waals surface area contributed by atoms with E-state index in [-0.39, 0.29) is 22.4 Å². The summed E-state index contributed by atoms with van der Waals surface area (Å²) in [6.45, 7) is 3.53. The maximum Gasteiger partial charge on any atom is 0.0986 e. The van der Waals surface area contributed by atoms with E-state index in [1.54, 1.807) is 23.3 Å². The molecule has 0 aliphatic heterocycles. The molecule has 1 aromatic heterocycles. The number of imidazole rings is 1. The fourth-order valence-electron chi connectivity index (χ4n) is 0.377. The van der Waals surface area contributed by atoms with Crippen LogP contribution < -0.4 is 0 Å². The summed E-state index contributed by atoms with van der Waals surface area (Å²) in [4.78, 5) is 3.78. The van der Waals surface area contributed by atoms with E-state index in [1.165, 1.54) is 0 Å². The van der Waals surface area contributed by atoms with Crippen molar-refractivity contribution in [1.82, 2.24) is 9.55 Å². The Morgan fingerprint density at radius 3 is 2.62 bits per heavy atom. The molecule has 1 radical (unpaired) electrons. The molecule has 2 nitrogen and oxygen atoms in total. The van der Waals surface area contributed by atoms with Crippen molar-refractivity contribution in [3.8, 4) is 0 Å². The van der Waals surface area contributed by atoms with Gasteiger partial charge in [-0.25, -0.2) is 4.98 Å². The third-order valence-corrected chi connectivity index (χ3v) is 0.736. The standard InChI is InChI=1S/C5H6N2.Ag/c1-2-7-4-3-6-5-7;/h2-5H,1H2;. The predicted molar refractivity (Wildman–Crippen MR) is 28.6 cm³/mol. The Hall–Kier alpha value is -0.310. The Kier molecular flexibility index (Phi) is 3.52. The van der Waals surface area contributed by atoms with Crippen molar-refractivity contribution in [3.63, 3.8) is 0 Å². The largest absolute Gasteiger partial charge is 0.314 e. The molecule has 0 saturated carbocycles. The van der Waals surface area contributed by atoms with Gasteiger partial charge in [-0.05, 0) is 0 Å². The molecule has 0 aliphatic carbocycles. The van der Waals surface area contributed by atoms with Gasteiger partial charge in [-0.1, -0.05) is 6.58 Å². The van der Waals surface area contributed by atoms with Gasteiger partial charge in [0.1, 0.15) is 0 Å². The first-order valence-electron chi connectivity index (χ1n) is 2.03. The first-order valence-corrected chi connectivity index (χ1v) is 2.03. The fourth-order valence-corrected chi connectivity index (χ4v) is 0.377. The van der Waals surface area contributed by atoms with Crippen molar-refractivity contribution in [2.45, 2.75) is 0 Å². The van der Waals surface area contributed by atoms with Gasteiger partial charge in [-0.3, -0.25) is 0 Å². The summed E-state index contributed by atoms with van der Waals surface area (Å²) < 4.78 is 1.78. The SMILES string of the molecule is C=Cn1ccnc1.[Ag]. The summed E-state index contributed by atoms with van der Waals surface area (Å²) in [6, 6.07) is 0. The van der Waals surface area contributed by atoms with E-state index in [0.717, 1.165) is 0 Å². The van der Waals surface area contributed by atoms with Gasteiger partial charge >= 0.3 is 0 Å². The second kappa shape index (κ2) is 3.66. The maximum absolute atomic E-state index is 3.78. The van der Waals surface area contributed by atoms with Gasteiger partial charge in [-0.2, -0.15) is 0 Å². The van der Waals surface area contributed by atoms with E-state index < -0.39 is 0 Å². The number of nitrogens with zero attached hydrogens (tertiary/aromatic N) is 2. The summed E-state index contributed by atoms with van der Waals surface area (Å²) in [5.74, 6) is 0. The zero-order valence-electron chi connectivity index (χ0n) is 4.21. The van der Waals surface area contributed by atoms with Gasteiger partial charge in [0.25, 0.3) is 0 Å². The molecule has 8 heavy (non-hydrogen) atoms. The summed E-state index contributed by atoms with van der Waals surface area (Å²) in [5, 5.41) is 0. The molecular formula is C5H6AgN2. The van der Waals surface area contributed by atoms with Gasteiger partial charge in [0.15, 0.2) is 0 Å².